The molecule has 0 fully saturated rings. The zero-order valence-corrected chi connectivity index (χ0v) is 5.06. The first kappa shape index (κ1) is 5.78. The van der Waals surface area contributed by atoms with Gasteiger partial charge in [-0.3, -0.25) is 0 Å². The molecule has 3 nitrogen and oxygen atoms in total. The number of rotatable bonds is 0. The molecule has 0 aromatic rings. The van der Waals surface area contributed by atoms with Crippen molar-refractivity contribution in [3.8, 4) is 0 Å². The quantitative estimate of drug-likeness (QED) is 0.442. The van der Waals surface area contributed by atoms with E-state index in [4.69, 9.17) is 5.73 Å². The minimum Gasteiger partial charge on any atom is -0.312 e. The van der Waals surface area contributed by atoms with Gasteiger partial charge in [0.1, 0.15) is 5.37 Å². The Hall–Kier alpha value is -0.350. The van der Waals surface area contributed by atoms with Crippen molar-refractivity contribution in [3.63, 3.8) is 0 Å². The lowest BCUT2D eigenvalue weighted by Crippen LogP contribution is -2.25. The van der Waals surface area contributed by atoms with Crippen molar-refractivity contribution >= 4 is 9.84 Å². The van der Waals surface area contributed by atoms with E-state index in [1.807, 2.05) is 0 Å². The summed E-state index contributed by atoms with van der Waals surface area (Å²) in [6.07, 6.45) is 3.06. The van der Waals surface area contributed by atoms with Crippen LogP contribution in [0.15, 0.2) is 12.2 Å². The van der Waals surface area contributed by atoms with E-state index < -0.39 is 15.2 Å². The molecule has 1 atom stereocenters. The summed E-state index contributed by atoms with van der Waals surface area (Å²) in [7, 11) is -2.96. The molecule has 8 heavy (non-hydrogen) atoms. The monoisotopic (exact) mass is 133 g/mol. The van der Waals surface area contributed by atoms with Gasteiger partial charge in [-0.15, -0.1) is 0 Å². The van der Waals surface area contributed by atoms with Crippen LogP contribution < -0.4 is 5.73 Å². The normalized spacial score (nSPS) is 33.4. The maximum absolute atomic E-state index is 10.6. The van der Waals surface area contributed by atoms with Crippen molar-refractivity contribution in [2.24, 2.45) is 5.73 Å². The van der Waals surface area contributed by atoms with Gasteiger partial charge in [0, 0.05) is 0 Å². The Balaban J connectivity index is 2.96. The highest BCUT2D eigenvalue weighted by atomic mass is 32.2. The molecular formula is C4H7NO2S. The molecule has 0 saturated carbocycles. The van der Waals surface area contributed by atoms with E-state index in [1.54, 1.807) is 6.08 Å². The molecule has 4 heteroatoms. The third-order valence-corrected chi connectivity index (χ3v) is 2.71. The van der Waals surface area contributed by atoms with E-state index in [2.05, 4.69) is 0 Å². The Morgan fingerprint density at radius 3 is 2.38 bits per heavy atom. The molecule has 0 amide bonds. The van der Waals surface area contributed by atoms with Crippen LogP contribution in [0.25, 0.3) is 0 Å². The van der Waals surface area contributed by atoms with Crippen LogP contribution in [0.4, 0.5) is 0 Å². The fourth-order valence-electron chi connectivity index (χ4n) is 0.555. The van der Waals surface area contributed by atoms with Gasteiger partial charge in [0.05, 0.1) is 5.75 Å². The highest BCUT2D eigenvalue weighted by Gasteiger charge is 2.21. The molecule has 0 aromatic heterocycles. The molecule has 2 N–H and O–H groups in total. The SMILES string of the molecule is NC1C=CCS1(=O)=O. The smallest absolute Gasteiger partial charge is 0.173 e. The second-order valence-corrected chi connectivity index (χ2v) is 3.93. The van der Waals surface area contributed by atoms with E-state index in [9.17, 15) is 8.42 Å². The molecule has 0 aromatic carbocycles. The fraction of sp³-hybridized carbons (Fsp3) is 0.500. The molecule has 0 saturated heterocycles. The number of nitrogens with two attached hydrogens (primary N) is 1. The van der Waals surface area contributed by atoms with Crippen LogP contribution in [-0.4, -0.2) is 19.5 Å². The zero-order valence-electron chi connectivity index (χ0n) is 4.24. The summed E-state index contributed by atoms with van der Waals surface area (Å²) in [5.41, 5.74) is 5.14. The van der Waals surface area contributed by atoms with Gasteiger partial charge in [-0.25, -0.2) is 8.42 Å². The van der Waals surface area contributed by atoms with Crippen LogP contribution in [-0.2, 0) is 9.84 Å². The minimum absolute atomic E-state index is 0.105. The number of hydrogen-bond acceptors (Lipinski definition) is 3. The summed E-state index contributed by atoms with van der Waals surface area (Å²) < 4.78 is 21.1. The standard InChI is InChI=1S/C4H7NO2S/c5-4-2-1-3-8(4,6)7/h1-2,4H,3,5H2. The van der Waals surface area contributed by atoms with Gasteiger partial charge >= 0.3 is 0 Å². The lowest BCUT2D eigenvalue weighted by molar-refractivity contribution is 0.595. The Morgan fingerprint density at radius 2 is 2.25 bits per heavy atom. The maximum atomic E-state index is 10.6. The van der Waals surface area contributed by atoms with E-state index in [0.717, 1.165) is 0 Å². The summed E-state index contributed by atoms with van der Waals surface area (Å²) in [6.45, 7) is 0. The maximum Gasteiger partial charge on any atom is 0.173 e. The topological polar surface area (TPSA) is 60.2 Å². The lowest BCUT2D eigenvalue weighted by atomic mass is 10.5. The van der Waals surface area contributed by atoms with E-state index in [-0.39, 0.29) is 5.75 Å². The molecule has 0 spiro atoms. The van der Waals surface area contributed by atoms with Gasteiger partial charge in [-0.05, 0) is 0 Å². The predicted molar refractivity (Wildman–Crippen MR) is 30.9 cm³/mol. The van der Waals surface area contributed by atoms with Gasteiger partial charge in [-0.2, -0.15) is 0 Å². The highest BCUT2D eigenvalue weighted by molar-refractivity contribution is 7.92. The second kappa shape index (κ2) is 1.56. The van der Waals surface area contributed by atoms with Crippen molar-refractivity contribution in [2.45, 2.75) is 5.37 Å². The summed E-state index contributed by atoms with van der Waals surface area (Å²) in [5, 5.41) is -0.748. The Labute approximate surface area is 48.1 Å². The molecular weight excluding hydrogens is 126 g/mol. The highest BCUT2D eigenvalue weighted by Crippen LogP contribution is 2.05. The number of sulfone groups is 1. The Bertz CT molecular complexity index is 204. The van der Waals surface area contributed by atoms with E-state index in [0.29, 0.717) is 0 Å². The van der Waals surface area contributed by atoms with E-state index >= 15 is 0 Å². The summed E-state index contributed by atoms with van der Waals surface area (Å²) in [6, 6.07) is 0. The first-order valence-electron chi connectivity index (χ1n) is 2.27. The van der Waals surface area contributed by atoms with Gasteiger partial charge in [-0.1, -0.05) is 12.2 Å². The van der Waals surface area contributed by atoms with Crippen LogP contribution in [0, 0.1) is 0 Å². The lowest BCUT2D eigenvalue weighted by Gasteiger charge is -1.96. The average Bonchev–Trinajstić information content (AvgIpc) is 1.86. The largest absolute Gasteiger partial charge is 0.312 e. The van der Waals surface area contributed by atoms with Gasteiger partial charge in [0.25, 0.3) is 0 Å². The Kier molecular flexibility index (Phi) is 1.13. The van der Waals surface area contributed by atoms with Gasteiger partial charge < -0.3 is 5.73 Å². The van der Waals surface area contributed by atoms with Gasteiger partial charge in [0.15, 0.2) is 9.84 Å². The van der Waals surface area contributed by atoms with Crippen LogP contribution in [0.5, 0.6) is 0 Å². The molecule has 1 rings (SSSR count). The van der Waals surface area contributed by atoms with Crippen LogP contribution >= 0.6 is 0 Å². The molecule has 1 unspecified atom stereocenters. The number of hydrogen-bond donors (Lipinski definition) is 1. The third-order valence-electron chi connectivity index (χ3n) is 1.07. The van der Waals surface area contributed by atoms with Crippen molar-refractivity contribution in [3.05, 3.63) is 12.2 Å². The first-order valence-corrected chi connectivity index (χ1v) is 3.98. The molecule has 0 bridgehead atoms. The van der Waals surface area contributed by atoms with Crippen LogP contribution in [0.3, 0.4) is 0 Å². The average molecular weight is 133 g/mol. The van der Waals surface area contributed by atoms with E-state index in [1.165, 1.54) is 6.08 Å². The van der Waals surface area contributed by atoms with Crippen LogP contribution in [0.2, 0.25) is 0 Å². The Morgan fingerprint density at radius 1 is 1.62 bits per heavy atom. The predicted octanol–water partition coefficient (Wildman–Crippen LogP) is -0.744. The molecule has 46 valence electrons. The summed E-state index contributed by atoms with van der Waals surface area (Å²) in [5.74, 6) is 0.105. The molecule has 0 aliphatic carbocycles. The minimum atomic E-state index is -2.96. The first-order chi connectivity index (χ1) is 3.63. The van der Waals surface area contributed by atoms with Crippen molar-refractivity contribution < 1.29 is 8.42 Å². The second-order valence-electron chi connectivity index (χ2n) is 1.72. The van der Waals surface area contributed by atoms with Crippen molar-refractivity contribution in [2.75, 3.05) is 5.75 Å². The van der Waals surface area contributed by atoms with Gasteiger partial charge in [0.2, 0.25) is 0 Å². The van der Waals surface area contributed by atoms with Crippen molar-refractivity contribution in [1.29, 1.82) is 0 Å². The molecule has 1 aliphatic heterocycles. The fourth-order valence-corrected chi connectivity index (χ4v) is 1.51. The summed E-state index contributed by atoms with van der Waals surface area (Å²) >= 11 is 0. The molecule has 1 heterocycles. The molecule has 1 aliphatic rings. The summed E-state index contributed by atoms with van der Waals surface area (Å²) in [4.78, 5) is 0. The van der Waals surface area contributed by atoms with Crippen LogP contribution in [0.1, 0.15) is 0 Å². The molecule has 0 radical (unpaired) electrons. The van der Waals surface area contributed by atoms with Crippen molar-refractivity contribution in [1.82, 2.24) is 0 Å². The zero-order chi connectivity index (χ0) is 6.20. The third kappa shape index (κ3) is 0.763.